The zero-order chi connectivity index (χ0) is 10.1. The Hall–Kier alpha value is -1.16. The summed E-state index contributed by atoms with van der Waals surface area (Å²) in [5.74, 6) is 0.903. The van der Waals surface area contributed by atoms with Crippen LogP contribution in [0.15, 0.2) is 18.6 Å². The predicted molar refractivity (Wildman–Crippen MR) is 58.7 cm³/mol. The van der Waals surface area contributed by atoms with Crippen molar-refractivity contribution in [1.29, 1.82) is 0 Å². The molecular formula is C11H16N4. The largest absolute Gasteiger partial charge is 0.365 e. The van der Waals surface area contributed by atoms with Gasteiger partial charge in [-0.25, -0.2) is 4.98 Å². The third-order valence-corrected chi connectivity index (χ3v) is 3.20. The first-order valence-electron chi connectivity index (χ1n) is 5.68. The number of aromatic nitrogens is 2. The summed E-state index contributed by atoms with van der Waals surface area (Å²) in [5, 5.41) is 3.44. The van der Waals surface area contributed by atoms with E-state index < -0.39 is 0 Å². The number of nitrogens with one attached hydrogen (secondary N) is 1. The van der Waals surface area contributed by atoms with E-state index in [2.05, 4.69) is 20.2 Å². The smallest absolute Gasteiger partial charge is 0.144 e. The lowest BCUT2D eigenvalue weighted by molar-refractivity contribution is 0.326. The lowest BCUT2D eigenvalue weighted by Crippen LogP contribution is -2.27. The summed E-state index contributed by atoms with van der Waals surface area (Å²) in [5.41, 5.74) is 0. The van der Waals surface area contributed by atoms with Gasteiger partial charge in [-0.2, -0.15) is 0 Å². The number of rotatable bonds is 3. The maximum absolute atomic E-state index is 4.24. The van der Waals surface area contributed by atoms with E-state index in [1.54, 1.807) is 18.6 Å². The number of nitrogens with zero attached hydrogens (tertiary/aromatic N) is 3. The Kier molecular flexibility index (Phi) is 2.29. The maximum atomic E-state index is 4.24. The summed E-state index contributed by atoms with van der Waals surface area (Å²) in [7, 11) is 0. The Morgan fingerprint density at radius 2 is 2.20 bits per heavy atom. The summed E-state index contributed by atoms with van der Waals surface area (Å²) < 4.78 is 0. The van der Waals surface area contributed by atoms with Crippen molar-refractivity contribution >= 4 is 5.82 Å². The number of hydrogen-bond acceptors (Lipinski definition) is 4. The van der Waals surface area contributed by atoms with Gasteiger partial charge in [0, 0.05) is 37.6 Å². The van der Waals surface area contributed by atoms with Gasteiger partial charge in [-0.3, -0.25) is 9.88 Å². The second-order valence-electron chi connectivity index (χ2n) is 4.45. The molecule has 1 saturated heterocycles. The van der Waals surface area contributed by atoms with Crippen molar-refractivity contribution in [3.05, 3.63) is 18.6 Å². The van der Waals surface area contributed by atoms with Crippen LogP contribution in [-0.2, 0) is 0 Å². The average molecular weight is 204 g/mol. The highest BCUT2D eigenvalue weighted by Gasteiger charge is 2.34. The highest BCUT2D eigenvalue weighted by atomic mass is 15.2. The molecule has 0 radical (unpaired) electrons. The Morgan fingerprint density at radius 1 is 1.27 bits per heavy atom. The van der Waals surface area contributed by atoms with Crippen LogP contribution >= 0.6 is 0 Å². The minimum Gasteiger partial charge on any atom is -0.365 e. The van der Waals surface area contributed by atoms with Gasteiger partial charge in [-0.05, 0) is 19.3 Å². The second kappa shape index (κ2) is 3.77. The van der Waals surface area contributed by atoms with Crippen LogP contribution in [0, 0.1) is 0 Å². The van der Waals surface area contributed by atoms with Crippen molar-refractivity contribution in [2.24, 2.45) is 0 Å². The zero-order valence-electron chi connectivity index (χ0n) is 8.76. The van der Waals surface area contributed by atoms with Gasteiger partial charge in [0.05, 0.1) is 6.20 Å². The van der Waals surface area contributed by atoms with Gasteiger partial charge in [-0.1, -0.05) is 0 Å². The topological polar surface area (TPSA) is 41.1 Å². The monoisotopic (exact) mass is 204 g/mol. The van der Waals surface area contributed by atoms with Crippen molar-refractivity contribution in [1.82, 2.24) is 14.9 Å². The molecule has 80 valence electrons. The minimum atomic E-state index is 0.558. The van der Waals surface area contributed by atoms with E-state index in [1.807, 2.05) is 0 Å². The number of anilines is 1. The van der Waals surface area contributed by atoms with E-state index >= 15 is 0 Å². The molecule has 4 nitrogen and oxygen atoms in total. The molecule has 0 spiro atoms. The van der Waals surface area contributed by atoms with E-state index in [0.717, 1.165) is 11.9 Å². The molecule has 0 amide bonds. The van der Waals surface area contributed by atoms with E-state index in [0.29, 0.717) is 6.04 Å². The van der Waals surface area contributed by atoms with Crippen LogP contribution in [-0.4, -0.2) is 40.0 Å². The summed E-state index contributed by atoms with van der Waals surface area (Å²) in [6.45, 7) is 2.41. The molecule has 1 atom stereocenters. The third-order valence-electron chi connectivity index (χ3n) is 3.20. The lowest BCUT2D eigenvalue weighted by atomic mass is 10.3. The molecule has 2 fully saturated rings. The first-order valence-corrected chi connectivity index (χ1v) is 5.68. The van der Waals surface area contributed by atoms with Crippen molar-refractivity contribution < 1.29 is 0 Å². The molecule has 2 aliphatic rings. The van der Waals surface area contributed by atoms with Crippen LogP contribution in [0.3, 0.4) is 0 Å². The second-order valence-corrected chi connectivity index (χ2v) is 4.45. The van der Waals surface area contributed by atoms with Crippen LogP contribution < -0.4 is 5.32 Å². The highest BCUT2D eigenvalue weighted by Crippen LogP contribution is 2.30. The molecule has 1 saturated carbocycles. The molecule has 2 heterocycles. The van der Waals surface area contributed by atoms with Crippen molar-refractivity contribution in [3.8, 4) is 0 Å². The molecule has 0 bridgehead atoms. The summed E-state index contributed by atoms with van der Waals surface area (Å²) >= 11 is 0. The number of likely N-dealkylation sites (tertiary alicyclic amines) is 1. The van der Waals surface area contributed by atoms with Crippen LogP contribution in [0.25, 0.3) is 0 Å². The average Bonchev–Trinajstić information content (AvgIpc) is 3.02. The molecule has 1 aromatic rings. The van der Waals surface area contributed by atoms with Gasteiger partial charge >= 0.3 is 0 Å². The molecule has 1 N–H and O–H groups in total. The minimum absolute atomic E-state index is 0.558. The fourth-order valence-electron chi connectivity index (χ4n) is 2.26. The SMILES string of the molecule is c1cnc(NC2CCN(C3CC3)C2)cn1. The fraction of sp³-hybridized carbons (Fsp3) is 0.636. The van der Waals surface area contributed by atoms with Gasteiger partial charge in [0.1, 0.15) is 5.82 Å². The molecule has 1 unspecified atom stereocenters. The maximum Gasteiger partial charge on any atom is 0.144 e. The molecular weight excluding hydrogens is 188 g/mol. The Morgan fingerprint density at radius 3 is 2.93 bits per heavy atom. The fourth-order valence-corrected chi connectivity index (χ4v) is 2.26. The standard InChI is InChI=1S/C11H16N4/c1-2-10(1)15-6-3-9(8-15)14-11-7-12-4-5-13-11/h4-5,7,9-10H,1-3,6,8H2,(H,13,14). The van der Waals surface area contributed by atoms with Crippen LogP contribution in [0.4, 0.5) is 5.82 Å². The van der Waals surface area contributed by atoms with E-state index in [4.69, 9.17) is 0 Å². The lowest BCUT2D eigenvalue weighted by Gasteiger charge is -2.15. The van der Waals surface area contributed by atoms with Gasteiger partial charge in [0.25, 0.3) is 0 Å². The summed E-state index contributed by atoms with van der Waals surface area (Å²) in [6.07, 6.45) is 9.26. The van der Waals surface area contributed by atoms with Crippen LogP contribution in [0.1, 0.15) is 19.3 Å². The molecule has 1 aliphatic carbocycles. The quantitative estimate of drug-likeness (QED) is 0.801. The third kappa shape index (κ3) is 2.09. The Labute approximate surface area is 89.7 Å². The van der Waals surface area contributed by atoms with Gasteiger partial charge in [0.2, 0.25) is 0 Å². The molecule has 1 aliphatic heterocycles. The molecule has 15 heavy (non-hydrogen) atoms. The predicted octanol–water partition coefficient (Wildman–Crippen LogP) is 1.13. The van der Waals surface area contributed by atoms with Gasteiger partial charge < -0.3 is 5.32 Å². The zero-order valence-corrected chi connectivity index (χ0v) is 8.76. The van der Waals surface area contributed by atoms with E-state index in [9.17, 15) is 0 Å². The first kappa shape index (κ1) is 9.09. The molecule has 4 heteroatoms. The molecule has 1 aromatic heterocycles. The van der Waals surface area contributed by atoms with E-state index in [1.165, 1.54) is 32.4 Å². The highest BCUT2D eigenvalue weighted by molar-refractivity contribution is 5.32. The van der Waals surface area contributed by atoms with Crippen molar-refractivity contribution in [2.45, 2.75) is 31.3 Å². The molecule has 3 rings (SSSR count). The van der Waals surface area contributed by atoms with Gasteiger partial charge in [-0.15, -0.1) is 0 Å². The summed E-state index contributed by atoms with van der Waals surface area (Å²) in [4.78, 5) is 10.9. The Balaban J connectivity index is 1.56. The van der Waals surface area contributed by atoms with E-state index in [-0.39, 0.29) is 0 Å². The van der Waals surface area contributed by atoms with Crippen molar-refractivity contribution in [2.75, 3.05) is 18.4 Å². The van der Waals surface area contributed by atoms with Crippen LogP contribution in [0.5, 0.6) is 0 Å². The van der Waals surface area contributed by atoms with Gasteiger partial charge in [0.15, 0.2) is 0 Å². The molecule has 0 aromatic carbocycles. The summed E-state index contributed by atoms with van der Waals surface area (Å²) in [6, 6.07) is 1.45. The first-order chi connectivity index (χ1) is 7.42. The number of hydrogen-bond donors (Lipinski definition) is 1. The van der Waals surface area contributed by atoms with Crippen molar-refractivity contribution in [3.63, 3.8) is 0 Å². The normalized spacial score (nSPS) is 26.8. The van der Waals surface area contributed by atoms with Crippen LogP contribution in [0.2, 0.25) is 0 Å². The Bertz CT molecular complexity index is 323.